The summed E-state index contributed by atoms with van der Waals surface area (Å²) < 4.78 is 2.84. The van der Waals surface area contributed by atoms with E-state index >= 15 is 0 Å². The van der Waals surface area contributed by atoms with Crippen molar-refractivity contribution in [2.24, 2.45) is 5.92 Å². The first-order valence-electron chi connectivity index (χ1n) is 6.24. The lowest BCUT2D eigenvalue weighted by molar-refractivity contribution is 0.645. The fourth-order valence-corrected chi connectivity index (χ4v) is 5.74. The minimum atomic E-state index is 0.361. The predicted molar refractivity (Wildman–Crippen MR) is 86.1 cm³/mol. The third-order valence-corrected chi connectivity index (χ3v) is 6.73. The molecule has 3 nitrogen and oxygen atoms in total. The van der Waals surface area contributed by atoms with Gasteiger partial charge in [0.15, 0.2) is 0 Å². The SMILES string of the molecule is N#C/C(=C1/SCC(C2CC=CC=C2Cl)S1)n1ccnc1. The fourth-order valence-electron chi connectivity index (χ4n) is 2.24. The lowest BCUT2D eigenvalue weighted by Gasteiger charge is -2.22. The molecule has 0 saturated carbocycles. The zero-order valence-corrected chi connectivity index (χ0v) is 13.0. The summed E-state index contributed by atoms with van der Waals surface area (Å²) >= 11 is 9.82. The van der Waals surface area contributed by atoms with E-state index in [9.17, 15) is 5.26 Å². The van der Waals surface area contributed by atoms with Gasteiger partial charge < -0.3 is 0 Å². The summed E-state index contributed by atoms with van der Waals surface area (Å²) in [6, 6.07) is 2.28. The summed E-state index contributed by atoms with van der Waals surface area (Å²) in [6.07, 6.45) is 12.3. The lowest BCUT2D eigenvalue weighted by atomic mass is 9.97. The third-order valence-electron chi connectivity index (χ3n) is 3.28. The van der Waals surface area contributed by atoms with Crippen molar-refractivity contribution in [3.8, 4) is 6.07 Å². The molecule has 0 aromatic carbocycles. The summed E-state index contributed by atoms with van der Waals surface area (Å²) in [6.45, 7) is 0. The van der Waals surface area contributed by atoms with E-state index < -0.39 is 0 Å². The van der Waals surface area contributed by atoms with Gasteiger partial charge in [0.05, 0.1) is 10.6 Å². The fraction of sp³-hybridized carbons (Fsp3) is 0.286. The van der Waals surface area contributed by atoms with Crippen molar-refractivity contribution in [1.29, 1.82) is 5.26 Å². The number of rotatable bonds is 2. The van der Waals surface area contributed by atoms with Crippen molar-refractivity contribution in [2.45, 2.75) is 11.7 Å². The average Bonchev–Trinajstić information content (AvgIpc) is 3.12. The smallest absolute Gasteiger partial charge is 0.145 e. The number of nitrogens with zero attached hydrogens (tertiary/aromatic N) is 3. The first kappa shape index (κ1) is 13.9. The van der Waals surface area contributed by atoms with Gasteiger partial charge >= 0.3 is 0 Å². The van der Waals surface area contributed by atoms with Gasteiger partial charge in [-0.3, -0.25) is 4.57 Å². The second-order valence-electron chi connectivity index (χ2n) is 4.51. The first-order chi connectivity index (χ1) is 9.79. The van der Waals surface area contributed by atoms with Gasteiger partial charge in [0, 0.05) is 34.3 Å². The van der Waals surface area contributed by atoms with E-state index in [2.05, 4.69) is 17.1 Å². The van der Waals surface area contributed by atoms with Crippen LogP contribution in [0, 0.1) is 17.2 Å². The Morgan fingerprint density at radius 2 is 2.45 bits per heavy atom. The monoisotopic (exact) mass is 321 g/mol. The Labute approximate surface area is 131 Å². The molecular weight excluding hydrogens is 310 g/mol. The van der Waals surface area contributed by atoms with E-state index in [4.69, 9.17) is 11.6 Å². The summed E-state index contributed by atoms with van der Waals surface area (Å²) in [5.74, 6) is 1.35. The normalized spacial score (nSPS) is 28.1. The molecule has 1 saturated heterocycles. The maximum Gasteiger partial charge on any atom is 0.145 e. The van der Waals surface area contributed by atoms with E-state index in [1.165, 1.54) is 0 Å². The molecule has 1 aromatic rings. The molecule has 6 heteroatoms. The molecule has 20 heavy (non-hydrogen) atoms. The average molecular weight is 322 g/mol. The molecule has 2 aliphatic rings. The second kappa shape index (κ2) is 6.13. The topological polar surface area (TPSA) is 41.6 Å². The molecule has 1 aromatic heterocycles. The first-order valence-corrected chi connectivity index (χ1v) is 8.48. The van der Waals surface area contributed by atoms with E-state index in [-0.39, 0.29) is 0 Å². The Kier molecular flexibility index (Phi) is 4.25. The highest BCUT2D eigenvalue weighted by Gasteiger charge is 2.32. The van der Waals surface area contributed by atoms with Gasteiger partial charge in [0.2, 0.25) is 0 Å². The molecule has 0 amide bonds. The van der Waals surface area contributed by atoms with Crippen molar-refractivity contribution < 1.29 is 0 Å². The van der Waals surface area contributed by atoms with Gasteiger partial charge in [-0.05, 0) is 12.5 Å². The van der Waals surface area contributed by atoms with Crippen molar-refractivity contribution in [3.63, 3.8) is 0 Å². The third kappa shape index (κ3) is 2.69. The van der Waals surface area contributed by atoms with Crippen LogP contribution in [-0.4, -0.2) is 20.6 Å². The number of imidazole rings is 1. The van der Waals surface area contributed by atoms with Gasteiger partial charge in [-0.1, -0.05) is 23.8 Å². The Bertz CT molecular complexity index is 625. The summed E-state index contributed by atoms with van der Waals surface area (Å²) in [5, 5.41) is 10.7. The van der Waals surface area contributed by atoms with Gasteiger partial charge in [-0.15, -0.1) is 23.5 Å². The van der Waals surface area contributed by atoms with Gasteiger partial charge in [-0.2, -0.15) is 5.26 Å². The van der Waals surface area contributed by atoms with Crippen molar-refractivity contribution in [2.75, 3.05) is 5.75 Å². The molecule has 1 fully saturated rings. The van der Waals surface area contributed by atoms with Crippen LogP contribution in [0.3, 0.4) is 0 Å². The quantitative estimate of drug-likeness (QED) is 0.770. The largest absolute Gasteiger partial charge is 0.296 e. The van der Waals surface area contributed by atoms with Crippen LogP contribution in [0.15, 0.2) is 46.2 Å². The van der Waals surface area contributed by atoms with Crippen LogP contribution >= 0.6 is 35.1 Å². The number of hydrogen-bond donors (Lipinski definition) is 0. The number of halogens is 1. The zero-order chi connectivity index (χ0) is 13.9. The van der Waals surface area contributed by atoms with Crippen LogP contribution in [0.5, 0.6) is 0 Å². The van der Waals surface area contributed by atoms with Crippen LogP contribution in [0.25, 0.3) is 5.70 Å². The van der Waals surface area contributed by atoms with Crippen molar-refractivity contribution in [3.05, 3.63) is 46.2 Å². The van der Waals surface area contributed by atoms with Gasteiger partial charge in [0.25, 0.3) is 0 Å². The van der Waals surface area contributed by atoms with Crippen LogP contribution in [0.4, 0.5) is 0 Å². The maximum absolute atomic E-state index is 9.38. The van der Waals surface area contributed by atoms with E-state index in [0.717, 1.165) is 21.4 Å². The van der Waals surface area contributed by atoms with Crippen LogP contribution in [-0.2, 0) is 0 Å². The highest BCUT2D eigenvalue weighted by molar-refractivity contribution is 8.25. The van der Waals surface area contributed by atoms with E-state index in [1.807, 2.05) is 12.2 Å². The molecule has 1 aliphatic heterocycles. The van der Waals surface area contributed by atoms with Gasteiger partial charge in [0.1, 0.15) is 11.8 Å². The minimum Gasteiger partial charge on any atom is -0.296 e. The molecule has 0 spiro atoms. The Hall–Kier alpha value is -1.09. The second-order valence-corrected chi connectivity index (χ2v) is 7.48. The highest BCUT2D eigenvalue weighted by atomic mass is 35.5. The molecule has 102 valence electrons. The standard InChI is InChI=1S/C14H12ClN3S2/c15-11-4-2-1-3-10(11)13-8-19-14(20-13)12(7-16)18-6-5-17-9-18/h1-2,4-6,9-10,13H,3,8H2/b14-12+. The summed E-state index contributed by atoms with van der Waals surface area (Å²) in [7, 11) is 0. The Morgan fingerprint density at radius 1 is 1.55 bits per heavy atom. The minimum absolute atomic E-state index is 0.361. The molecule has 3 rings (SSSR count). The molecule has 0 bridgehead atoms. The number of allylic oxidation sites excluding steroid dienone is 5. The van der Waals surface area contributed by atoms with Crippen LogP contribution in [0.2, 0.25) is 0 Å². The molecule has 0 radical (unpaired) electrons. The molecule has 0 N–H and O–H groups in total. The number of thioether (sulfide) groups is 2. The molecule has 2 unspecified atom stereocenters. The Morgan fingerprint density at radius 3 is 3.15 bits per heavy atom. The number of hydrogen-bond acceptors (Lipinski definition) is 4. The molecule has 2 atom stereocenters. The van der Waals surface area contributed by atoms with E-state index in [0.29, 0.717) is 16.9 Å². The van der Waals surface area contributed by atoms with E-state index in [1.54, 1.807) is 46.8 Å². The lowest BCUT2D eigenvalue weighted by Crippen LogP contribution is -2.18. The molecule has 1 aliphatic carbocycles. The predicted octanol–water partition coefficient (Wildman–Crippen LogP) is 4.08. The summed E-state index contributed by atoms with van der Waals surface area (Å²) in [4.78, 5) is 4.00. The van der Waals surface area contributed by atoms with Crippen LogP contribution < -0.4 is 0 Å². The highest BCUT2D eigenvalue weighted by Crippen LogP contribution is 2.49. The molecule has 2 heterocycles. The number of nitriles is 1. The summed E-state index contributed by atoms with van der Waals surface area (Å²) in [5.41, 5.74) is 0.659. The number of aromatic nitrogens is 2. The van der Waals surface area contributed by atoms with Gasteiger partial charge in [-0.25, -0.2) is 4.98 Å². The van der Waals surface area contributed by atoms with Crippen molar-refractivity contribution >= 4 is 40.8 Å². The maximum atomic E-state index is 9.38. The Balaban J connectivity index is 1.81. The van der Waals surface area contributed by atoms with Crippen LogP contribution in [0.1, 0.15) is 6.42 Å². The zero-order valence-electron chi connectivity index (χ0n) is 10.6. The molecular formula is C14H12ClN3S2. The van der Waals surface area contributed by atoms with Crippen molar-refractivity contribution in [1.82, 2.24) is 9.55 Å².